The molecule has 0 atom stereocenters. The molecule has 1 saturated carbocycles. The molecule has 0 aliphatic heterocycles. The zero-order valence-electron chi connectivity index (χ0n) is 10.7. The van der Waals surface area contributed by atoms with Crippen LogP contribution in [0.15, 0.2) is 0 Å². The molecule has 0 bridgehead atoms. The number of carboxylic acid groups (broad SMARTS) is 1. The minimum atomic E-state index is -0.632. The summed E-state index contributed by atoms with van der Waals surface area (Å²) in [4.78, 5) is 13.3. The Kier molecular flexibility index (Phi) is 5.26. The number of nitrogens with zero attached hydrogens (tertiary/aromatic N) is 1. The Labute approximate surface area is 98.8 Å². The lowest BCUT2D eigenvalue weighted by atomic mass is 9.66. The molecule has 0 aromatic rings. The first-order valence-electron chi connectivity index (χ1n) is 6.56. The van der Waals surface area contributed by atoms with E-state index in [-0.39, 0.29) is 5.41 Å². The zero-order valence-corrected chi connectivity index (χ0v) is 10.7. The largest absolute Gasteiger partial charge is 0.481 e. The van der Waals surface area contributed by atoms with Crippen LogP contribution in [0.25, 0.3) is 0 Å². The molecule has 1 aliphatic carbocycles. The second kappa shape index (κ2) is 6.24. The van der Waals surface area contributed by atoms with Crippen molar-refractivity contribution in [2.75, 3.05) is 19.6 Å². The number of carbonyl (C=O) groups is 1. The van der Waals surface area contributed by atoms with Crippen LogP contribution in [0, 0.1) is 5.41 Å². The van der Waals surface area contributed by atoms with E-state index in [0.29, 0.717) is 6.42 Å². The lowest BCUT2D eigenvalue weighted by molar-refractivity contribution is -0.142. The van der Waals surface area contributed by atoms with Crippen LogP contribution in [0.5, 0.6) is 0 Å². The van der Waals surface area contributed by atoms with Gasteiger partial charge in [0.25, 0.3) is 0 Å². The van der Waals surface area contributed by atoms with Gasteiger partial charge in [-0.1, -0.05) is 20.3 Å². The van der Waals surface area contributed by atoms with Crippen molar-refractivity contribution in [1.82, 2.24) is 4.90 Å². The van der Waals surface area contributed by atoms with Gasteiger partial charge in [0, 0.05) is 6.54 Å². The van der Waals surface area contributed by atoms with Crippen LogP contribution in [0.3, 0.4) is 0 Å². The summed E-state index contributed by atoms with van der Waals surface area (Å²) < 4.78 is 0. The molecule has 3 nitrogen and oxygen atoms in total. The molecule has 0 saturated heterocycles. The molecule has 0 aromatic carbocycles. The van der Waals surface area contributed by atoms with Gasteiger partial charge in [0.2, 0.25) is 0 Å². The normalized spacial score (nSPS) is 18.4. The van der Waals surface area contributed by atoms with Gasteiger partial charge in [-0.2, -0.15) is 0 Å². The van der Waals surface area contributed by atoms with E-state index < -0.39 is 5.97 Å². The minimum Gasteiger partial charge on any atom is -0.481 e. The Morgan fingerprint density at radius 1 is 1.25 bits per heavy atom. The Morgan fingerprint density at radius 2 is 1.81 bits per heavy atom. The molecule has 0 radical (unpaired) electrons. The molecule has 3 heteroatoms. The van der Waals surface area contributed by atoms with Crippen molar-refractivity contribution in [3.05, 3.63) is 0 Å². The molecule has 0 unspecified atom stereocenters. The number of hydrogen-bond acceptors (Lipinski definition) is 2. The molecule has 1 N–H and O–H groups in total. The highest BCUT2D eigenvalue weighted by atomic mass is 16.4. The van der Waals surface area contributed by atoms with Crippen LogP contribution in [-0.2, 0) is 4.79 Å². The van der Waals surface area contributed by atoms with E-state index in [1.54, 1.807) is 0 Å². The molecule has 1 rings (SSSR count). The highest BCUT2D eigenvalue weighted by Gasteiger charge is 2.39. The summed E-state index contributed by atoms with van der Waals surface area (Å²) in [5.41, 5.74) is 0.0934. The highest BCUT2D eigenvalue weighted by Crippen LogP contribution is 2.44. The third kappa shape index (κ3) is 3.78. The van der Waals surface area contributed by atoms with E-state index in [1.807, 2.05) is 0 Å². The average molecular weight is 227 g/mol. The van der Waals surface area contributed by atoms with Crippen LogP contribution in [0.1, 0.15) is 52.4 Å². The maximum Gasteiger partial charge on any atom is 0.303 e. The second-order valence-electron chi connectivity index (χ2n) is 5.20. The van der Waals surface area contributed by atoms with Crippen molar-refractivity contribution in [2.45, 2.75) is 52.4 Å². The molecular formula is C13H25NO2. The molecule has 0 heterocycles. The summed E-state index contributed by atoms with van der Waals surface area (Å²) in [6, 6.07) is 0. The molecule has 0 aromatic heterocycles. The Morgan fingerprint density at radius 3 is 2.12 bits per heavy atom. The third-order valence-corrected chi connectivity index (χ3v) is 3.58. The first-order chi connectivity index (χ1) is 7.62. The van der Waals surface area contributed by atoms with Crippen molar-refractivity contribution < 1.29 is 9.90 Å². The molecule has 16 heavy (non-hydrogen) atoms. The minimum absolute atomic E-state index is 0.0934. The van der Waals surface area contributed by atoms with E-state index in [1.165, 1.54) is 6.42 Å². The van der Waals surface area contributed by atoms with E-state index in [4.69, 9.17) is 5.11 Å². The number of carboxylic acids is 1. The summed E-state index contributed by atoms with van der Waals surface area (Å²) in [6.45, 7) is 7.58. The fourth-order valence-corrected chi connectivity index (χ4v) is 2.77. The first-order valence-corrected chi connectivity index (χ1v) is 6.56. The monoisotopic (exact) mass is 227 g/mol. The summed E-state index contributed by atoms with van der Waals surface area (Å²) in [5, 5.41) is 8.97. The summed E-state index contributed by atoms with van der Waals surface area (Å²) >= 11 is 0. The maximum absolute atomic E-state index is 10.9. The first kappa shape index (κ1) is 13.5. The fourth-order valence-electron chi connectivity index (χ4n) is 2.77. The van der Waals surface area contributed by atoms with Crippen molar-refractivity contribution >= 4 is 5.97 Å². The van der Waals surface area contributed by atoms with Crippen LogP contribution in [0.2, 0.25) is 0 Å². The third-order valence-electron chi connectivity index (χ3n) is 3.58. The maximum atomic E-state index is 10.9. The number of rotatable bonds is 8. The standard InChI is InChI=1S/C13H25NO2/c1-3-8-14(9-4-2)11-13(6-5-7-13)10-12(15)16/h3-11H2,1-2H3,(H,15,16). The van der Waals surface area contributed by atoms with E-state index in [9.17, 15) is 4.79 Å². The molecule has 1 aliphatic rings. The topological polar surface area (TPSA) is 40.5 Å². The van der Waals surface area contributed by atoms with Gasteiger partial charge >= 0.3 is 5.97 Å². The second-order valence-corrected chi connectivity index (χ2v) is 5.20. The van der Waals surface area contributed by atoms with Gasteiger partial charge in [-0.15, -0.1) is 0 Å². The van der Waals surface area contributed by atoms with Gasteiger partial charge in [0.15, 0.2) is 0 Å². The smallest absolute Gasteiger partial charge is 0.303 e. The van der Waals surface area contributed by atoms with E-state index in [0.717, 1.165) is 45.3 Å². The van der Waals surface area contributed by atoms with Gasteiger partial charge in [-0.05, 0) is 44.2 Å². The molecule has 0 spiro atoms. The van der Waals surface area contributed by atoms with Crippen LogP contribution < -0.4 is 0 Å². The Balaban J connectivity index is 2.48. The van der Waals surface area contributed by atoms with Crippen molar-refractivity contribution in [2.24, 2.45) is 5.41 Å². The summed E-state index contributed by atoms with van der Waals surface area (Å²) in [5.74, 6) is -0.632. The molecular weight excluding hydrogens is 202 g/mol. The van der Waals surface area contributed by atoms with Crippen molar-refractivity contribution in [3.8, 4) is 0 Å². The quantitative estimate of drug-likeness (QED) is 0.693. The molecule has 94 valence electrons. The lowest BCUT2D eigenvalue weighted by Crippen LogP contribution is -2.44. The number of aliphatic carboxylic acids is 1. The molecule has 0 amide bonds. The van der Waals surface area contributed by atoms with E-state index in [2.05, 4.69) is 18.7 Å². The van der Waals surface area contributed by atoms with Gasteiger partial charge in [0.1, 0.15) is 0 Å². The van der Waals surface area contributed by atoms with E-state index >= 15 is 0 Å². The predicted molar refractivity (Wildman–Crippen MR) is 65.6 cm³/mol. The Hall–Kier alpha value is -0.570. The van der Waals surface area contributed by atoms with Gasteiger partial charge in [-0.25, -0.2) is 0 Å². The van der Waals surface area contributed by atoms with Crippen molar-refractivity contribution in [3.63, 3.8) is 0 Å². The lowest BCUT2D eigenvalue weighted by Gasteiger charge is -2.44. The molecule has 1 fully saturated rings. The fraction of sp³-hybridized carbons (Fsp3) is 0.923. The van der Waals surface area contributed by atoms with Crippen LogP contribution in [-0.4, -0.2) is 35.6 Å². The zero-order chi connectivity index (χ0) is 12.0. The SMILES string of the molecule is CCCN(CCC)CC1(CC(=O)O)CCC1. The summed E-state index contributed by atoms with van der Waals surface area (Å²) in [6.07, 6.45) is 6.08. The van der Waals surface area contributed by atoms with Gasteiger partial charge in [0.05, 0.1) is 6.42 Å². The predicted octanol–water partition coefficient (Wildman–Crippen LogP) is 2.75. The average Bonchev–Trinajstić information content (AvgIpc) is 2.14. The van der Waals surface area contributed by atoms with Crippen LogP contribution in [0.4, 0.5) is 0 Å². The van der Waals surface area contributed by atoms with Crippen molar-refractivity contribution in [1.29, 1.82) is 0 Å². The highest BCUT2D eigenvalue weighted by molar-refractivity contribution is 5.68. The summed E-state index contributed by atoms with van der Waals surface area (Å²) in [7, 11) is 0. The number of hydrogen-bond donors (Lipinski definition) is 1. The van der Waals surface area contributed by atoms with Gasteiger partial charge in [-0.3, -0.25) is 4.79 Å². The van der Waals surface area contributed by atoms with Crippen LogP contribution >= 0.6 is 0 Å². The van der Waals surface area contributed by atoms with Gasteiger partial charge < -0.3 is 10.0 Å². The Bertz CT molecular complexity index is 218.